The highest BCUT2D eigenvalue weighted by molar-refractivity contribution is 5.91. The van der Waals surface area contributed by atoms with Crippen LogP contribution in [-0.2, 0) is 11.3 Å². The molecule has 1 aliphatic rings. The SMILES string of the molecule is CC(C)(C)OC(=O)N1CCC(NC(=O)c2ccc(COc3ccc(F)cc3)o2)CC1. The van der Waals surface area contributed by atoms with Gasteiger partial charge in [-0.1, -0.05) is 0 Å². The summed E-state index contributed by atoms with van der Waals surface area (Å²) in [4.78, 5) is 26.2. The standard InChI is InChI=1S/C22H27FN2O5/c1-22(2,3)30-21(27)25-12-10-16(11-13-25)24-20(26)19-9-8-18(29-19)14-28-17-6-4-15(23)5-7-17/h4-9,16H,10-14H2,1-3H3,(H,24,26). The lowest BCUT2D eigenvalue weighted by molar-refractivity contribution is 0.0199. The molecule has 2 aromatic rings. The molecule has 30 heavy (non-hydrogen) atoms. The predicted molar refractivity (Wildman–Crippen MR) is 108 cm³/mol. The number of hydrogen-bond acceptors (Lipinski definition) is 5. The zero-order chi connectivity index (χ0) is 21.7. The Morgan fingerprint density at radius 3 is 2.43 bits per heavy atom. The van der Waals surface area contributed by atoms with Crippen molar-refractivity contribution in [3.05, 3.63) is 53.7 Å². The van der Waals surface area contributed by atoms with Gasteiger partial charge in [-0.3, -0.25) is 4.79 Å². The number of nitrogens with zero attached hydrogens (tertiary/aromatic N) is 1. The van der Waals surface area contributed by atoms with Crippen molar-refractivity contribution in [1.29, 1.82) is 0 Å². The van der Waals surface area contributed by atoms with Crippen LogP contribution in [0.2, 0.25) is 0 Å². The predicted octanol–water partition coefficient (Wildman–Crippen LogP) is 4.13. The van der Waals surface area contributed by atoms with Crippen LogP contribution < -0.4 is 10.1 Å². The van der Waals surface area contributed by atoms with Gasteiger partial charge < -0.3 is 24.1 Å². The summed E-state index contributed by atoms with van der Waals surface area (Å²) in [6, 6.07) is 8.89. The van der Waals surface area contributed by atoms with Crippen molar-refractivity contribution in [2.24, 2.45) is 0 Å². The Labute approximate surface area is 175 Å². The van der Waals surface area contributed by atoms with Gasteiger partial charge in [-0.25, -0.2) is 9.18 Å². The molecule has 1 fully saturated rings. The number of carbonyl (C=O) groups is 2. The van der Waals surface area contributed by atoms with Crippen molar-refractivity contribution in [2.45, 2.75) is 51.9 Å². The summed E-state index contributed by atoms with van der Waals surface area (Å²) in [6.45, 7) is 6.68. The van der Waals surface area contributed by atoms with Crippen LogP contribution in [0.25, 0.3) is 0 Å². The summed E-state index contributed by atoms with van der Waals surface area (Å²) in [5.74, 6) is 0.553. The van der Waals surface area contributed by atoms with Crippen LogP contribution in [-0.4, -0.2) is 41.6 Å². The van der Waals surface area contributed by atoms with E-state index in [0.29, 0.717) is 37.4 Å². The number of likely N-dealkylation sites (tertiary alicyclic amines) is 1. The smallest absolute Gasteiger partial charge is 0.410 e. The van der Waals surface area contributed by atoms with Gasteiger partial charge in [-0.2, -0.15) is 0 Å². The van der Waals surface area contributed by atoms with Gasteiger partial charge >= 0.3 is 6.09 Å². The monoisotopic (exact) mass is 418 g/mol. The van der Waals surface area contributed by atoms with Crippen molar-refractivity contribution in [3.63, 3.8) is 0 Å². The molecule has 8 heteroatoms. The minimum atomic E-state index is -0.528. The van der Waals surface area contributed by atoms with Gasteiger partial charge in [-0.05, 0) is 70.0 Å². The molecule has 1 aliphatic heterocycles. The zero-order valence-corrected chi connectivity index (χ0v) is 17.4. The number of halogens is 1. The molecule has 3 rings (SSSR count). The van der Waals surface area contributed by atoms with Crippen molar-refractivity contribution < 1.29 is 27.9 Å². The van der Waals surface area contributed by atoms with E-state index in [1.807, 2.05) is 20.8 Å². The molecule has 0 saturated carbocycles. The summed E-state index contributed by atoms with van der Waals surface area (Å²) in [7, 11) is 0. The van der Waals surface area contributed by atoms with Gasteiger partial charge in [0.25, 0.3) is 5.91 Å². The molecule has 2 amide bonds. The van der Waals surface area contributed by atoms with Gasteiger partial charge in [0, 0.05) is 19.1 Å². The molecular formula is C22H27FN2O5. The fraction of sp³-hybridized carbons (Fsp3) is 0.455. The molecule has 1 aromatic heterocycles. The third-order valence-corrected chi connectivity index (χ3v) is 4.56. The summed E-state index contributed by atoms with van der Waals surface area (Å²) < 4.78 is 29.4. The molecular weight excluding hydrogens is 391 g/mol. The minimum Gasteiger partial charge on any atom is -0.486 e. The van der Waals surface area contributed by atoms with Crippen LogP contribution in [0.15, 0.2) is 40.8 Å². The first-order chi connectivity index (χ1) is 14.2. The van der Waals surface area contributed by atoms with Gasteiger partial charge in [-0.15, -0.1) is 0 Å². The topological polar surface area (TPSA) is 81.0 Å². The quantitative estimate of drug-likeness (QED) is 0.790. The lowest BCUT2D eigenvalue weighted by Gasteiger charge is -2.33. The Kier molecular flexibility index (Phi) is 6.64. The summed E-state index contributed by atoms with van der Waals surface area (Å²) in [5.41, 5.74) is -0.528. The van der Waals surface area contributed by atoms with E-state index in [0.717, 1.165) is 0 Å². The van der Waals surface area contributed by atoms with Crippen molar-refractivity contribution in [1.82, 2.24) is 10.2 Å². The average Bonchev–Trinajstić information content (AvgIpc) is 3.16. The first-order valence-corrected chi connectivity index (χ1v) is 9.95. The number of rotatable bonds is 5. The second-order valence-corrected chi connectivity index (χ2v) is 8.22. The van der Waals surface area contributed by atoms with Gasteiger partial charge in [0.05, 0.1) is 0 Å². The Hall–Kier alpha value is -3.03. The molecule has 0 aliphatic carbocycles. The van der Waals surface area contributed by atoms with E-state index in [2.05, 4.69) is 5.32 Å². The van der Waals surface area contributed by atoms with E-state index in [9.17, 15) is 14.0 Å². The number of ether oxygens (including phenoxy) is 2. The Bertz CT molecular complexity index is 864. The molecule has 7 nitrogen and oxygen atoms in total. The zero-order valence-electron chi connectivity index (χ0n) is 17.4. The van der Waals surface area contributed by atoms with E-state index < -0.39 is 5.60 Å². The second-order valence-electron chi connectivity index (χ2n) is 8.22. The van der Waals surface area contributed by atoms with Crippen LogP contribution in [0.4, 0.5) is 9.18 Å². The number of piperidine rings is 1. The maximum absolute atomic E-state index is 12.9. The van der Waals surface area contributed by atoms with E-state index >= 15 is 0 Å². The van der Waals surface area contributed by atoms with Crippen LogP contribution in [0, 0.1) is 5.82 Å². The minimum absolute atomic E-state index is 0.0415. The Morgan fingerprint density at radius 1 is 1.13 bits per heavy atom. The number of amides is 2. The molecule has 0 spiro atoms. The Balaban J connectivity index is 1.44. The molecule has 0 radical (unpaired) electrons. The van der Waals surface area contributed by atoms with Gasteiger partial charge in [0.15, 0.2) is 5.76 Å². The highest BCUT2D eigenvalue weighted by atomic mass is 19.1. The van der Waals surface area contributed by atoms with E-state index in [-0.39, 0.29) is 36.2 Å². The number of carbonyl (C=O) groups excluding carboxylic acids is 2. The Morgan fingerprint density at radius 2 is 1.80 bits per heavy atom. The first kappa shape index (κ1) is 21.7. The molecule has 162 valence electrons. The van der Waals surface area contributed by atoms with Gasteiger partial charge in [0.2, 0.25) is 0 Å². The van der Waals surface area contributed by atoms with Crippen LogP contribution >= 0.6 is 0 Å². The lowest BCUT2D eigenvalue weighted by atomic mass is 10.1. The normalized spacial score (nSPS) is 15.0. The summed E-state index contributed by atoms with van der Waals surface area (Å²) in [5, 5.41) is 2.94. The molecule has 1 aromatic carbocycles. The van der Waals surface area contributed by atoms with E-state index in [1.54, 1.807) is 17.0 Å². The third kappa shape index (κ3) is 6.23. The van der Waals surface area contributed by atoms with E-state index in [1.165, 1.54) is 24.3 Å². The maximum atomic E-state index is 12.9. The summed E-state index contributed by atoms with van der Waals surface area (Å²) >= 11 is 0. The molecule has 0 bridgehead atoms. The highest BCUT2D eigenvalue weighted by Gasteiger charge is 2.28. The van der Waals surface area contributed by atoms with Crippen LogP contribution in [0.3, 0.4) is 0 Å². The number of furan rings is 1. The van der Waals surface area contributed by atoms with E-state index in [4.69, 9.17) is 13.9 Å². The van der Waals surface area contributed by atoms with Crippen molar-refractivity contribution in [2.75, 3.05) is 13.1 Å². The van der Waals surface area contributed by atoms with Crippen molar-refractivity contribution in [3.8, 4) is 5.75 Å². The fourth-order valence-electron chi connectivity index (χ4n) is 3.05. The molecule has 1 N–H and O–H groups in total. The van der Waals surface area contributed by atoms with Gasteiger partial charge in [0.1, 0.15) is 29.5 Å². The molecule has 2 heterocycles. The van der Waals surface area contributed by atoms with Crippen LogP contribution in [0.5, 0.6) is 5.75 Å². The molecule has 0 unspecified atom stereocenters. The highest BCUT2D eigenvalue weighted by Crippen LogP contribution is 2.18. The average molecular weight is 418 g/mol. The molecule has 0 atom stereocenters. The van der Waals surface area contributed by atoms with Crippen LogP contribution in [0.1, 0.15) is 49.9 Å². The van der Waals surface area contributed by atoms with Crippen molar-refractivity contribution >= 4 is 12.0 Å². The summed E-state index contributed by atoms with van der Waals surface area (Å²) in [6.07, 6.45) is 0.961. The number of nitrogens with one attached hydrogen (secondary N) is 1. The third-order valence-electron chi connectivity index (χ3n) is 4.56. The second kappa shape index (κ2) is 9.19. The number of benzene rings is 1. The fourth-order valence-corrected chi connectivity index (χ4v) is 3.05. The molecule has 1 saturated heterocycles. The largest absolute Gasteiger partial charge is 0.486 e. The maximum Gasteiger partial charge on any atom is 0.410 e. The lowest BCUT2D eigenvalue weighted by Crippen LogP contribution is -2.47. The first-order valence-electron chi connectivity index (χ1n) is 9.95. The number of hydrogen-bond donors (Lipinski definition) is 1.